The van der Waals surface area contributed by atoms with E-state index in [4.69, 9.17) is 17.0 Å². The average Bonchev–Trinajstić information content (AvgIpc) is 2.95. The van der Waals surface area contributed by atoms with Gasteiger partial charge >= 0.3 is 0 Å². The second-order valence-electron chi connectivity index (χ2n) is 8.09. The number of amides is 1. The number of hydrogen-bond acceptors (Lipinski definition) is 2. The van der Waals surface area contributed by atoms with Gasteiger partial charge in [0.05, 0.1) is 0 Å². The van der Waals surface area contributed by atoms with Crippen molar-refractivity contribution in [2.45, 2.75) is 75.8 Å². The molecule has 3 fully saturated rings. The lowest BCUT2D eigenvalue weighted by molar-refractivity contribution is -0.136. The van der Waals surface area contributed by atoms with Crippen molar-refractivity contribution >= 4 is 23.5 Å². The Labute approximate surface area is 160 Å². The average molecular weight is 374 g/mol. The van der Waals surface area contributed by atoms with Gasteiger partial charge in [0.15, 0.2) is 5.96 Å². The number of nitrogens with zero attached hydrogens (tertiary/aromatic N) is 1. The van der Waals surface area contributed by atoms with E-state index in [0.29, 0.717) is 11.0 Å². The molecule has 2 N–H and O–H groups in total. The van der Waals surface area contributed by atoms with Crippen molar-refractivity contribution in [3.8, 4) is 0 Å². The summed E-state index contributed by atoms with van der Waals surface area (Å²) in [5.41, 5.74) is 0.168. The second kappa shape index (κ2) is 7.22. The van der Waals surface area contributed by atoms with Crippen LogP contribution < -0.4 is 5.32 Å². The molecule has 3 aliphatic rings. The third-order valence-electron chi connectivity index (χ3n) is 6.57. The highest BCUT2D eigenvalue weighted by atomic mass is 35.5. The predicted octanol–water partition coefficient (Wildman–Crippen LogP) is 4.81. The van der Waals surface area contributed by atoms with Gasteiger partial charge < -0.3 is 5.32 Å². The van der Waals surface area contributed by atoms with Crippen LogP contribution in [0.2, 0.25) is 5.02 Å². The molecule has 4 nitrogen and oxygen atoms in total. The fourth-order valence-corrected chi connectivity index (χ4v) is 5.36. The van der Waals surface area contributed by atoms with E-state index in [9.17, 15) is 4.79 Å². The van der Waals surface area contributed by atoms with Crippen molar-refractivity contribution in [3.05, 3.63) is 34.9 Å². The van der Waals surface area contributed by atoms with Crippen molar-refractivity contribution in [3.63, 3.8) is 0 Å². The quantitative estimate of drug-likeness (QED) is 0.798. The fraction of sp³-hybridized carbons (Fsp3) is 0.619. The summed E-state index contributed by atoms with van der Waals surface area (Å²) in [6.07, 6.45) is 11.2. The van der Waals surface area contributed by atoms with Crippen LogP contribution in [0.25, 0.3) is 0 Å². The van der Waals surface area contributed by atoms with Crippen molar-refractivity contribution in [2.24, 2.45) is 5.92 Å². The molecule has 140 valence electrons. The van der Waals surface area contributed by atoms with E-state index in [1.807, 2.05) is 24.3 Å². The first-order valence-corrected chi connectivity index (χ1v) is 10.5. The van der Waals surface area contributed by atoms with Crippen LogP contribution in [0.1, 0.15) is 69.8 Å². The van der Waals surface area contributed by atoms with Gasteiger partial charge in [-0.1, -0.05) is 62.3 Å². The molecule has 4 rings (SSSR count). The first-order valence-electron chi connectivity index (χ1n) is 10.1. The molecule has 2 aliphatic carbocycles. The molecule has 1 aromatic rings. The molecule has 0 aromatic heterocycles. The predicted molar refractivity (Wildman–Crippen MR) is 104 cm³/mol. The van der Waals surface area contributed by atoms with Crippen LogP contribution in [-0.2, 0) is 10.3 Å². The Morgan fingerprint density at radius 2 is 1.54 bits per heavy atom. The topological polar surface area (TPSA) is 56.2 Å². The van der Waals surface area contributed by atoms with E-state index in [1.54, 1.807) is 4.90 Å². The zero-order valence-electron chi connectivity index (χ0n) is 15.3. The Morgan fingerprint density at radius 3 is 2.15 bits per heavy atom. The lowest BCUT2D eigenvalue weighted by Gasteiger charge is -2.39. The van der Waals surface area contributed by atoms with Gasteiger partial charge in [0.2, 0.25) is 0 Å². The summed E-state index contributed by atoms with van der Waals surface area (Å²) in [7, 11) is 0. The highest BCUT2D eigenvalue weighted by Gasteiger charge is 2.56. The molecule has 1 amide bonds. The number of carbonyl (C=O) groups excluding carboxylic acids is 1. The molecule has 1 aliphatic heterocycles. The Morgan fingerprint density at radius 1 is 0.962 bits per heavy atom. The van der Waals surface area contributed by atoms with E-state index in [1.165, 1.54) is 12.8 Å². The molecule has 2 saturated carbocycles. The van der Waals surface area contributed by atoms with Crippen LogP contribution in [0, 0.1) is 11.3 Å². The maximum absolute atomic E-state index is 13.8. The first kappa shape index (κ1) is 17.8. The monoisotopic (exact) mass is 373 g/mol. The number of nitrogens with one attached hydrogen (secondary N) is 2. The van der Waals surface area contributed by atoms with Gasteiger partial charge in [0, 0.05) is 11.1 Å². The fourth-order valence-electron chi connectivity index (χ4n) is 5.24. The lowest BCUT2D eigenvalue weighted by atomic mass is 9.70. The van der Waals surface area contributed by atoms with Gasteiger partial charge in [0.25, 0.3) is 5.91 Å². The SMILES string of the molecule is N=C1NC(c2ccc(Cl)cc2)(C2CCCCC2)C(=O)N1C1CCCCC1. The second-order valence-corrected chi connectivity index (χ2v) is 8.53. The third-order valence-corrected chi connectivity index (χ3v) is 6.82. The van der Waals surface area contributed by atoms with Gasteiger partial charge in [0.1, 0.15) is 5.54 Å². The lowest BCUT2D eigenvalue weighted by Crippen LogP contribution is -2.51. The van der Waals surface area contributed by atoms with Crippen LogP contribution in [0.5, 0.6) is 0 Å². The molecular weight excluding hydrogens is 346 g/mol. The van der Waals surface area contributed by atoms with Crippen LogP contribution in [0.15, 0.2) is 24.3 Å². The standard InChI is InChI=1S/C21H28ClN3O/c22-17-13-11-16(12-14-17)21(15-7-3-1-4-8-15)19(26)25(20(23)24-21)18-9-5-2-6-10-18/h11-15,18H,1-10H2,(H2,23,24). The summed E-state index contributed by atoms with van der Waals surface area (Å²) < 4.78 is 0. The Bertz CT molecular complexity index is 677. The van der Waals surface area contributed by atoms with E-state index >= 15 is 0 Å². The molecule has 1 atom stereocenters. The molecule has 0 bridgehead atoms. The molecule has 1 heterocycles. The zero-order valence-corrected chi connectivity index (χ0v) is 16.0. The summed E-state index contributed by atoms with van der Waals surface area (Å²) in [5.74, 6) is 0.616. The van der Waals surface area contributed by atoms with Crippen molar-refractivity contribution < 1.29 is 4.79 Å². The van der Waals surface area contributed by atoms with Crippen LogP contribution in [-0.4, -0.2) is 22.8 Å². The zero-order chi connectivity index (χ0) is 18.1. The number of rotatable bonds is 3. The van der Waals surface area contributed by atoms with Crippen molar-refractivity contribution in [1.82, 2.24) is 10.2 Å². The van der Waals surface area contributed by atoms with E-state index in [0.717, 1.165) is 56.9 Å². The normalized spacial score (nSPS) is 28.4. The maximum atomic E-state index is 13.8. The number of benzene rings is 1. The maximum Gasteiger partial charge on any atom is 0.260 e. The van der Waals surface area contributed by atoms with Crippen molar-refractivity contribution in [2.75, 3.05) is 0 Å². The molecule has 5 heteroatoms. The van der Waals surface area contributed by atoms with Crippen molar-refractivity contribution in [1.29, 1.82) is 5.41 Å². The van der Waals surface area contributed by atoms with Gasteiger partial charge in [-0.25, -0.2) is 0 Å². The Kier molecular flexibility index (Phi) is 4.96. The third kappa shape index (κ3) is 2.92. The van der Waals surface area contributed by atoms with E-state index < -0.39 is 5.54 Å². The van der Waals surface area contributed by atoms with E-state index in [-0.39, 0.29) is 17.9 Å². The molecule has 0 spiro atoms. The number of carbonyl (C=O) groups is 1. The highest BCUT2D eigenvalue weighted by molar-refractivity contribution is 6.30. The Hall–Kier alpha value is -1.55. The van der Waals surface area contributed by atoms with Crippen LogP contribution in [0.3, 0.4) is 0 Å². The summed E-state index contributed by atoms with van der Waals surface area (Å²) in [4.78, 5) is 15.6. The summed E-state index contributed by atoms with van der Waals surface area (Å²) in [6, 6.07) is 7.85. The minimum absolute atomic E-state index is 0.0867. The number of hydrogen-bond donors (Lipinski definition) is 2. The van der Waals surface area contributed by atoms with Gasteiger partial charge in [-0.2, -0.15) is 0 Å². The Balaban J connectivity index is 1.74. The molecule has 26 heavy (non-hydrogen) atoms. The van der Waals surface area contributed by atoms with Gasteiger partial charge in [-0.15, -0.1) is 0 Å². The van der Waals surface area contributed by atoms with Crippen LogP contribution >= 0.6 is 11.6 Å². The molecule has 1 aromatic carbocycles. The van der Waals surface area contributed by atoms with Crippen LogP contribution in [0.4, 0.5) is 0 Å². The minimum atomic E-state index is -0.792. The minimum Gasteiger partial charge on any atom is -0.338 e. The molecule has 1 unspecified atom stereocenters. The molecule has 0 radical (unpaired) electrons. The first-order chi connectivity index (χ1) is 12.6. The van der Waals surface area contributed by atoms with Gasteiger partial charge in [-0.3, -0.25) is 15.1 Å². The summed E-state index contributed by atoms with van der Waals surface area (Å²) in [6.45, 7) is 0. The largest absolute Gasteiger partial charge is 0.338 e. The smallest absolute Gasteiger partial charge is 0.260 e. The van der Waals surface area contributed by atoms with E-state index in [2.05, 4.69) is 5.32 Å². The summed E-state index contributed by atoms with van der Waals surface area (Å²) >= 11 is 6.11. The number of guanidine groups is 1. The number of halogens is 1. The summed E-state index contributed by atoms with van der Waals surface area (Å²) in [5, 5.41) is 12.7. The highest BCUT2D eigenvalue weighted by Crippen LogP contribution is 2.44. The molecule has 1 saturated heterocycles. The van der Waals surface area contributed by atoms with Gasteiger partial charge in [-0.05, 0) is 49.3 Å². The molecular formula is C21H28ClN3O.